The Morgan fingerprint density at radius 3 is 2.56 bits per heavy atom. The van der Waals surface area contributed by atoms with Gasteiger partial charge >= 0.3 is 0 Å². The highest BCUT2D eigenvalue weighted by molar-refractivity contribution is 9.10. The second-order valence-corrected chi connectivity index (χ2v) is 5.43. The number of nitrogens with two attached hydrogens (primary N) is 1. The third kappa shape index (κ3) is 5.87. The van der Waals surface area contributed by atoms with Crippen LogP contribution in [-0.4, -0.2) is 6.61 Å². The van der Waals surface area contributed by atoms with E-state index in [1.165, 1.54) is 32.1 Å². The molecule has 0 bridgehead atoms. The normalized spacial score (nSPS) is 10.6. The quantitative estimate of drug-likeness (QED) is 0.674. The van der Waals surface area contributed by atoms with Crippen molar-refractivity contribution in [1.29, 1.82) is 0 Å². The Labute approximate surface area is 119 Å². The second-order valence-electron chi connectivity index (χ2n) is 4.57. The van der Waals surface area contributed by atoms with E-state index in [0.717, 1.165) is 28.8 Å². The van der Waals surface area contributed by atoms with Crippen molar-refractivity contribution in [2.24, 2.45) is 5.73 Å². The zero-order valence-electron chi connectivity index (χ0n) is 11.3. The predicted octanol–water partition coefficient (Wildman–Crippen LogP) is 4.65. The van der Waals surface area contributed by atoms with Crippen molar-refractivity contribution < 1.29 is 4.74 Å². The molecule has 0 saturated carbocycles. The molecule has 1 aromatic carbocycles. The van der Waals surface area contributed by atoms with Crippen molar-refractivity contribution >= 4 is 15.9 Å². The Hall–Kier alpha value is -0.540. The van der Waals surface area contributed by atoms with Gasteiger partial charge in [0.15, 0.2) is 0 Å². The summed E-state index contributed by atoms with van der Waals surface area (Å²) in [6.45, 7) is 3.58. The van der Waals surface area contributed by atoms with Crippen molar-refractivity contribution in [3.05, 3.63) is 28.2 Å². The monoisotopic (exact) mass is 313 g/mol. The van der Waals surface area contributed by atoms with Crippen LogP contribution in [0.15, 0.2) is 22.7 Å². The van der Waals surface area contributed by atoms with Crippen molar-refractivity contribution in [3.8, 4) is 5.75 Å². The lowest BCUT2D eigenvalue weighted by molar-refractivity contribution is 0.304. The summed E-state index contributed by atoms with van der Waals surface area (Å²) in [5.41, 5.74) is 6.75. The van der Waals surface area contributed by atoms with Crippen LogP contribution in [-0.2, 0) is 6.54 Å². The van der Waals surface area contributed by atoms with E-state index >= 15 is 0 Å². The fraction of sp³-hybridized carbons (Fsp3) is 0.600. The van der Waals surface area contributed by atoms with Crippen LogP contribution >= 0.6 is 15.9 Å². The van der Waals surface area contributed by atoms with Gasteiger partial charge < -0.3 is 10.5 Å². The maximum Gasteiger partial charge on any atom is 0.119 e. The molecule has 1 rings (SSSR count). The number of hydrogen-bond donors (Lipinski definition) is 1. The summed E-state index contributed by atoms with van der Waals surface area (Å²) in [6.07, 6.45) is 7.74. The minimum Gasteiger partial charge on any atom is -0.494 e. The molecule has 2 nitrogen and oxygen atoms in total. The summed E-state index contributed by atoms with van der Waals surface area (Å²) in [7, 11) is 0. The third-order valence-corrected chi connectivity index (χ3v) is 3.78. The Bertz CT molecular complexity index is 341. The van der Waals surface area contributed by atoms with Gasteiger partial charge in [-0.3, -0.25) is 0 Å². The van der Waals surface area contributed by atoms with E-state index in [4.69, 9.17) is 10.5 Å². The largest absolute Gasteiger partial charge is 0.494 e. The first-order valence-electron chi connectivity index (χ1n) is 6.89. The van der Waals surface area contributed by atoms with Gasteiger partial charge in [-0.25, -0.2) is 0 Å². The SMILES string of the molecule is CCCCCCCCOc1ccc(Br)c(CN)c1. The molecule has 0 spiro atoms. The first kappa shape index (κ1) is 15.5. The fourth-order valence-electron chi connectivity index (χ4n) is 1.87. The van der Waals surface area contributed by atoms with Crippen LogP contribution in [0.3, 0.4) is 0 Å². The van der Waals surface area contributed by atoms with Gasteiger partial charge in [-0.2, -0.15) is 0 Å². The molecule has 0 aliphatic carbocycles. The molecule has 2 N–H and O–H groups in total. The van der Waals surface area contributed by atoms with Gasteiger partial charge in [0.05, 0.1) is 6.61 Å². The van der Waals surface area contributed by atoms with Crippen LogP contribution in [0.2, 0.25) is 0 Å². The van der Waals surface area contributed by atoms with E-state index in [1.54, 1.807) is 0 Å². The first-order valence-corrected chi connectivity index (χ1v) is 7.68. The third-order valence-electron chi connectivity index (χ3n) is 3.00. The van der Waals surface area contributed by atoms with Crippen molar-refractivity contribution in [2.75, 3.05) is 6.61 Å². The maximum atomic E-state index is 5.73. The summed E-state index contributed by atoms with van der Waals surface area (Å²) in [4.78, 5) is 0. The van der Waals surface area contributed by atoms with E-state index in [2.05, 4.69) is 22.9 Å². The van der Waals surface area contributed by atoms with Crippen molar-refractivity contribution in [1.82, 2.24) is 0 Å². The minimum atomic E-state index is 0.537. The fourth-order valence-corrected chi connectivity index (χ4v) is 2.28. The molecule has 0 unspecified atom stereocenters. The smallest absolute Gasteiger partial charge is 0.119 e. The van der Waals surface area contributed by atoms with Crippen LogP contribution in [0.5, 0.6) is 5.75 Å². The number of rotatable bonds is 9. The molecule has 0 atom stereocenters. The van der Waals surface area contributed by atoms with E-state index in [9.17, 15) is 0 Å². The molecular weight excluding hydrogens is 290 g/mol. The Morgan fingerprint density at radius 1 is 1.11 bits per heavy atom. The summed E-state index contributed by atoms with van der Waals surface area (Å²) in [6, 6.07) is 6.00. The highest BCUT2D eigenvalue weighted by atomic mass is 79.9. The molecule has 0 aliphatic heterocycles. The van der Waals surface area contributed by atoms with Crippen LogP contribution in [0, 0.1) is 0 Å². The summed E-state index contributed by atoms with van der Waals surface area (Å²) in [5.74, 6) is 0.923. The van der Waals surface area contributed by atoms with Gasteiger partial charge in [-0.05, 0) is 30.2 Å². The Kier molecular flexibility index (Phi) is 8.10. The summed E-state index contributed by atoms with van der Waals surface area (Å²) < 4.78 is 6.79. The van der Waals surface area contributed by atoms with E-state index in [0.29, 0.717) is 6.54 Å². The van der Waals surface area contributed by atoms with Gasteiger partial charge in [0.2, 0.25) is 0 Å². The highest BCUT2D eigenvalue weighted by Crippen LogP contribution is 2.22. The molecule has 18 heavy (non-hydrogen) atoms. The molecule has 3 heteroatoms. The lowest BCUT2D eigenvalue weighted by Gasteiger charge is -2.08. The second kappa shape index (κ2) is 9.40. The summed E-state index contributed by atoms with van der Waals surface area (Å²) in [5, 5.41) is 0. The first-order chi connectivity index (χ1) is 8.77. The molecule has 0 amide bonds. The standard InChI is InChI=1S/C15H24BrNO/c1-2-3-4-5-6-7-10-18-14-8-9-15(16)13(11-14)12-17/h8-9,11H,2-7,10,12,17H2,1H3. The predicted molar refractivity (Wildman–Crippen MR) is 80.9 cm³/mol. The number of unbranched alkanes of at least 4 members (excludes halogenated alkanes) is 5. The average molecular weight is 314 g/mol. The van der Waals surface area contributed by atoms with Crippen LogP contribution in [0.1, 0.15) is 51.0 Å². The number of ether oxygens (including phenoxy) is 1. The molecule has 0 saturated heterocycles. The lowest BCUT2D eigenvalue weighted by atomic mass is 10.1. The molecule has 0 radical (unpaired) electrons. The lowest BCUT2D eigenvalue weighted by Crippen LogP contribution is -2.01. The molecule has 0 aromatic heterocycles. The van der Waals surface area contributed by atoms with E-state index < -0.39 is 0 Å². The van der Waals surface area contributed by atoms with Crippen molar-refractivity contribution in [3.63, 3.8) is 0 Å². The Balaban J connectivity index is 2.19. The minimum absolute atomic E-state index is 0.537. The number of benzene rings is 1. The molecule has 0 aliphatic rings. The van der Waals surface area contributed by atoms with Crippen LogP contribution in [0.4, 0.5) is 0 Å². The molecule has 102 valence electrons. The van der Waals surface area contributed by atoms with E-state index in [-0.39, 0.29) is 0 Å². The van der Waals surface area contributed by atoms with Gasteiger partial charge in [-0.15, -0.1) is 0 Å². The van der Waals surface area contributed by atoms with Gasteiger partial charge in [-0.1, -0.05) is 55.0 Å². The van der Waals surface area contributed by atoms with Crippen molar-refractivity contribution in [2.45, 2.75) is 52.0 Å². The average Bonchev–Trinajstić information content (AvgIpc) is 2.39. The van der Waals surface area contributed by atoms with E-state index in [1.807, 2.05) is 18.2 Å². The van der Waals surface area contributed by atoms with Gasteiger partial charge in [0.1, 0.15) is 5.75 Å². The van der Waals surface area contributed by atoms with Gasteiger partial charge in [0, 0.05) is 11.0 Å². The molecular formula is C15H24BrNO. The highest BCUT2D eigenvalue weighted by Gasteiger charge is 2.00. The van der Waals surface area contributed by atoms with Crippen LogP contribution < -0.4 is 10.5 Å². The zero-order valence-corrected chi connectivity index (χ0v) is 12.8. The molecule has 0 heterocycles. The molecule has 1 aromatic rings. The molecule has 0 fully saturated rings. The van der Waals surface area contributed by atoms with Gasteiger partial charge in [0.25, 0.3) is 0 Å². The Morgan fingerprint density at radius 2 is 1.83 bits per heavy atom. The van der Waals surface area contributed by atoms with Crippen LogP contribution in [0.25, 0.3) is 0 Å². The number of halogens is 1. The maximum absolute atomic E-state index is 5.73. The summed E-state index contributed by atoms with van der Waals surface area (Å²) >= 11 is 3.47. The topological polar surface area (TPSA) is 35.2 Å². The zero-order chi connectivity index (χ0) is 13.2. The number of hydrogen-bond acceptors (Lipinski definition) is 2.